The molecule has 130 valence electrons. The van der Waals surface area contributed by atoms with Crippen LogP contribution in [0.3, 0.4) is 0 Å². The molecule has 0 saturated heterocycles. The lowest BCUT2D eigenvalue weighted by molar-refractivity contribution is -0.394. The van der Waals surface area contributed by atoms with Gasteiger partial charge >= 0.3 is 0 Å². The topological polar surface area (TPSA) is 144 Å². The summed E-state index contributed by atoms with van der Waals surface area (Å²) in [5.41, 5.74) is 2.49. The molecule has 0 aliphatic heterocycles. The van der Waals surface area contributed by atoms with Gasteiger partial charge in [-0.1, -0.05) is 18.2 Å². The Morgan fingerprint density at radius 1 is 1.08 bits per heavy atom. The summed E-state index contributed by atoms with van der Waals surface area (Å²) >= 11 is 0. The molecular weight excluding hydrogens is 342 g/mol. The number of aromatic amines is 1. The third-order valence-electron chi connectivity index (χ3n) is 3.58. The van der Waals surface area contributed by atoms with Gasteiger partial charge in [0.1, 0.15) is 0 Å². The Labute approximate surface area is 145 Å². The first-order chi connectivity index (χ1) is 12.5. The number of para-hydroxylation sites is 1. The van der Waals surface area contributed by atoms with Crippen LogP contribution in [0.15, 0.2) is 53.8 Å². The third kappa shape index (κ3) is 3.38. The predicted octanol–water partition coefficient (Wildman–Crippen LogP) is 2.75. The maximum atomic E-state index is 12.1. The fraction of sp³-hybridized carbons (Fsp3) is 0. The number of nitro groups is 2. The Hall–Kier alpha value is -4.08. The predicted molar refractivity (Wildman–Crippen MR) is 93.1 cm³/mol. The van der Waals surface area contributed by atoms with Crippen molar-refractivity contribution in [3.63, 3.8) is 0 Å². The highest BCUT2D eigenvalue weighted by molar-refractivity contribution is 6.00. The molecule has 0 atom stereocenters. The van der Waals surface area contributed by atoms with Gasteiger partial charge in [0.15, 0.2) is 0 Å². The van der Waals surface area contributed by atoms with E-state index in [1.807, 2.05) is 24.3 Å². The molecule has 3 aromatic rings. The zero-order chi connectivity index (χ0) is 18.7. The molecule has 1 amide bonds. The molecule has 0 radical (unpaired) electrons. The second-order valence-electron chi connectivity index (χ2n) is 5.24. The summed E-state index contributed by atoms with van der Waals surface area (Å²) in [5, 5.41) is 26.4. The lowest BCUT2D eigenvalue weighted by Crippen LogP contribution is -2.18. The average Bonchev–Trinajstić information content (AvgIpc) is 3.04. The van der Waals surface area contributed by atoms with E-state index in [0.29, 0.717) is 0 Å². The van der Waals surface area contributed by atoms with Crippen LogP contribution in [0.1, 0.15) is 15.9 Å². The normalized spacial score (nSPS) is 10.9. The molecule has 10 nitrogen and oxygen atoms in total. The molecule has 0 unspecified atom stereocenters. The smallest absolute Gasteiger partial charge is 0.277 e. The van der Waals surface area contributed by atoms with E-state index in [2.05, 4.69) is 15.5 Å². The van der Waals surface area contributed by atoms with Crippen molar-refractivity contribution in [3.05, 3.63) is 80.0 Å². The van der Waals surface area contributed by atoms with Gasteiger partial charge in [-0.15, -0.1) is 0 Å². The molecule has 2 aromatic carbocycles. The Balaban J connectivity index is 1.81. The van der Waals surface area contributed by atoms with Crippen molar-refractivity contribution in [2.45, 2.75) is 0 Å². The van der Waals surface area contributed by atoms with Crippen LogP contribution >= 0.6 is 0 Å². The van der Waals surface area contributed by atoms with E-state index < -0.39 is 27.1 Å². The first-order valence-electron chi connectivity index (χ1n) is 7.29. The molecule has 0 saturated carbocycles. The zero-order valence-corrected chi connectivity index (χ0v) is 13.1. The van der Waals surface area contributed by atoms with E-state index in [9.17, 15) is 25.0 Å². The number of carbonyl (C=O) groups excluding carboxylic acids is 1. The van der Waals surface area contributed by atoms with Gasteiger partial charge in [-0.25, -0.2) is 5.43 Å². The molecule has 0 aliphatic carbocycles. The molecule has 1 aromatic heterocycles. The summed E-state index contributed by atoms with van der Waals surface area (Å²) in [6.45, 7) is 0. The fourth-order valence-corrected chi connectivity index (χ4v) is 2.36. The molecule has 0 fully saturated rings. The van der Waals surface area contributed by atoms with E-state index in [0.717, 1.165) is 34.7 Å². The van der Waals surface area contributed by atoms with E-state index in [-0.39, 0.29) is 5.56 Å². The zero-order valence-electron chi connectivity index (χ0n) is 13.1. The van der Waals surface area contributed by atoms with Crippen LogP contribution in [0.25, 0.3) is 10.9 Å². The number of benzene rings is 2. The second-order valence-corrected chi connectivity index (χ2v) is 5.24. The van der Waals surface area contributed by atoms with Gasteiger partial charge in [0.25, 0.3) is 17.3 Å². The maximum absolute atomic E-state index is 12.1. The molecular formula is C16H11N5O5. The molecule has 2 N–H and O–H groups in total. The van der Waals surface area contributed by atoms with Crippen LogP contribution in [0.2, 0.25) is 0 Å². The van der Waals surface area contributed by atoms with E-state index in [1.165, 1.54) is 6.21 Å². The highest BCUT2D eigenvalue weighted by Gasteiger charge is 2.19. The van der Waals surface area contributed by atoms with E-state index in [1.54, 1.807) is 6.20 Å². The number of H-pyrrole nitrogens is 1. The number of amides is 1. The van der Waals surface area contributed by atoms with Crippen LogP contribution in [0.5, 0.6) is 0 Å². The summed E-state index contributed by atoms with van der Waals surface area (Å²) in [7, 11) is 0. The summed E-state index contributed by atoms with van der Waals surface area (Å²) < 4.78 is 0. The molecule has 0 spiro atoms. The van der Waals surface area contributed by atoms with Crippen molar-refractivity contribution in [1.82, 2.24) is 10.4 Å². The van der Waals surface area contributed by atoms with Crippen LogP contribution in [-0.4, -0.2) is 27.0 Å². The summed E-state index contributed by atoms with van der Waals surface area (Å²) in [4.78, 5) is 35.3. The number of rotatable bonds is 5. The molecule has 3 rings (SSSR count). The number of aromatic nitrogens is 1. The molecule has 10 heteroatoms. The summed E-state index contributed by atoms with van der Waals surface area (Å²) in [5.74, 6) is -0.798. The SMILES string of the molecule is O=C(N/N=C\c1c[nH]c2ccccc12)c1cc([N+](=O)[O-])cc([N+](=O)[O-])c1. The number of hydrogen-bond donors (Lipinski definition) is 2. The highest BCUT2D eigenvalue weighted by Crippen LogP contribution is 2.22. The standard InChI is InChI=1S/C16H11N5O5/c22-16(10-5-12(20(23)24)7-13(6-10)21(25)26)19-18-9-11-8-17-15-4-2-1-3-14(11)15/h1-9,17H,(H,19,22)/b18-9-. The molecule has 0 bridgehead atoms. The Bertz CT molecular complexity index is 1020. The van der Waals surface area contributed by atoms with Crippen molar-refractivity contribution in [1.29, 1.82) is 0 Å². The first kappa shape index (κ1) is 16.8. The summed E-state index contributed by atoms with van der Waals surface area (Å²) in [6, 6.07) is 10.2. The van der Waals surface area contributed by atoms with Crippen molar-refractivity contribution in [3.8, 4) is 0 Å². The number of carbonyl (C=O) groups is 1. The van der Waals surface area contributed by atoms with Gasteiger partial charge in [-0.2, -0.15) is 5.10 Å². The lowest BCUT2D eigenvalue weighted by atomic mass is 10.1. The van der Waals surface area contributed by atoms with Crippen molar-refractivity contribution in [2.24, 2.45) is 5.10 Å². The van der Waals surface area contributed by atoms with Gasteiger partial charge in [-0.05, 0) is 6.07 Å². The number of hydrogen-bond acceptors (Lipinski definition) is 6. The summed E-state index contributed by atoms with van der Waals surface area (Å²) in [6.07, 6.45) is 3.11. The monoisotopic (exact) mass is 353 g/mol. The number of fused-ring (bicyclic) bond motifs is 1. The molecule has 1 heterocycles. The van der Waals surface area contributed by atoms with E-state index in [4.69, 9.17) is 0 Å². The Kier molecular flexibility index (Phi) is 4.39. The minimum Gasteiger partial charge on any atom is -0.361 e. The van der Waals surface area contributed by atoms with Gasteiger partial charge in [-0.3, -0.25) is 25.0 Å². The number of nitro benzene ring substituents is 2. The minimum atomic E-state index is -0.807. The largest absolute Gasteiger partial charge is 0.361 e. The second kappa shape index (κ2) is 6.81. The van der Waals surface area contributed by atoms with Crippen LogP contribution in [-0.2, 0) is 0 Å². The fourth-order valence-electron chi connectivity index (χ4n) is 2.36. The lowest BCUT2D eigenvalue weighted by Gasteiger charge is -2.00. The van der Waals surface area contributed by atoms with Gasteiger partial charge in [0.05, 0.1) is 27.7 Å². The Morgan fingerprint density at radius 2 is 1.73 bits per heavy atom. The van der Waals surface area contributed by atoms with Gasteiger partial charge in [0, 0.05) is 34.8 Å². The van der Waals surface area contributed by atoms with Crippen LogP contribution in [0.4, 0.5) is 11.4 Å². The van der Waals surface area contributed by atoms with E-state index >= 15 is 0 Å². The molecule has 0 aliphatic rings. The van der Waals surface area contributed by atoms with Crippen molar-refractivity contribution >= 4 is 34.4 Å². The Morgan fingerprint density at radius 3 is 2.38 bits per heavy atom. The van der Waals surface area contributed by atoms with Crippen molar-refractivity contribution < 1.29 is 14.6 Å². The van der Waals surface area contributed by atoms with Gasteiger partial charge < -0.3 is 4.98 Å². The third-order valence-corrected chi connectivity index (χ3v) is 3.58. The van der Waals surface area contributed by atoms with Crippen LogP contribution < -0.4 is 5.43 Å². The average molecular weight is 353 g/mol. The maximum Gasteiger partial charge on any atom is 0.277 e. The van der Waals surface area contributed by atoms with Gasteiger partial charge in [0.2, 0.25) is 0 Å². The number of non-ortho nitro benzene ring substituents is 2. The number of hydrazone groups is 1. The first-order valence-corrected chi connectivity index (χ1v) is 7.29. The highest BCUT2D eigenvalue weighted by atomic mass is 16.6. The quantitative estimate of drug-likeness (QED) is 0.412. The number of nitrogens with zero attached hydrogens (tertiary/aromatic N) is 3. The molecule has 26 heavy (non-hydrogen) atoms. The number of nitrogens with one attached hydrogen (secondary N) is 2. The van der Waals surface area contributed by atoms with Crippen LogP contribution in [0, 0.1) is 20.2 Å². The van der Waals surface area contributed by atoms with Crippen molar-refractivity contribution in [2.75, 3.05) is 0 Å². The minimum absolute atomic E-state index is 0.234.